The first-order chi connectivity index (χ1) is 9.88. The van der Waals surface area contributed by atoms with E-state index in [0.717, 1.165) is 0 Å². The third-order valence-corrected chi connectivity index (χ3v) is 3.31. The van der Waals surface area contributed by atoms with Crippen molar-refractivity contribution in [2.45, 2.75) is 6.54 Å². The van der Waals surface area contributed by atoms with E-state index in [1.807, 2.05) is 0 Å². The maximum Gasteiger partial charge on any atom is 0.339 e. The van der Waals surface area contributed by atoms with Crippen LogP contribution in [0.2, 0.25) is 10.0 Å². The Kier molecular flexibility index (Phi) is 6.17. The minimum atomic E-state index is -1.20. The predicted octanol–water partition coefficient (Wildman–Crippen LogP) is 4.14. The van der Waals surface area contributed by atoms with Gasteiger partial charge >= 0.3 is 5.97 Å². The van der Waals surface area contributed by atoms with Crippen LogP contribution in [-0.4, -0.2) is 21.3 Å². The van der Waals surface area contributed by atoms with Gasteiger partial charge < -0.3 is 20.6 Å². The number of halogens is 3. The van der Waals surface area contributed by atoms with Gasteiger partial charge in [0.1, 0.15) is 11.3 Å². The van der Waals surface area contributed by atoms with Gasteiger partial charge in [-0.25, -0.2) is 4.79 Å². The van der Waals surface area contributed by atoms with Crippen LogP contribution in [0.4, 0.5) is 5.69 Å². The van der Waals surface area contributed by atoms with E-state index in [0.29, 0.717) is 16.3 Å². The molecule has 22 heavy (non-hydrogen) atoms. The Morgan fingerprint density at radius 1 is 1.14 bits per heavy atom. The average molecular weight is 365 g/mol. The SMILES string of the molecule is Cl.O=C(O)c1ccc(CNc2cc(Cl)cc(Cl)c2O)cc1O. The molecule has 0 aromatic heterocycles. The molecule has 0 aliphatic rings. The van der Waals surface area contributed by atoms with Crippen molar-refractivity contribution >= 4 is 47.3 Å². The van der Waals surface area contributed by atoms with Crippen LogP contribution in [0.5, 0.6) is 11.5 Å². The Morgan fingerprint density at radius 3 is 2.41 bits per heavy atom. The van der Waals surface area contributed by atoms with Gasteiger partial charge in [-0.3, -0.25) is 0 Å². The highest BCUT2D eigenvalue weighted by molar-refractivity contribution is 6.36. The van der Waals surface area contributed by atoms with E-state index in [1.54, 1.807) is 6.07 Å². The molecule has 5 nitrogen and oxygen atoms in total. The molecule has 4 N–H and O–H groups in total. The molecule has 0 amide bonds. The summed E-state index contributed by atoms with van der Waals surface area (Å²) < 4.78 is 0. The van der Waals surface area contributed by atoms with Crippen molar-refractivity contribution in [3.05, 3.63) is 51.5 Å². The molecule has 2 rings (SSSR count). The fourth-order valence-corrected chi connectivity index (χ4v) is 2.26. The maximum atomic E-state index is 10.8. The summed E-state index contributed by atoms with van der Waals surface area (Å²) in [6.07, 6.45) is 0. The predicted molar refractivity (Wildman–Crippen MR) is 87.8 cm³/mol. The quantitative estimate of drug-likeness (QED) is 0.612. The largest absolute Gasteiger partial charge is 0.507 e. The van der Waals surface area contributed by atoms with Gasteiger partial charge in [-0.2, -0.15) is 0 Å². The Morgan fingerprint density at radius 2 is 1.82 bits per heavy atom. The van der Waals surface area contributed by atoms with E-state index in [2.05, 4.69) is 5.32 Å². The van der Waals surface area contributed by atoms with Crippen LogP contribution in [0.15, 0.2) is 30.3 Å². The number of aromatic carboxylic acids is 1. The maximum absolute atomic E-state index is 10.8. The first-order valence-corrected chi connectivity index (χ1v) is 6.61. The van der Waals surface area contributed by atoms with Crippen LogP contribution in [0.3, 0.4) is 0 Å². The molecule has 0 aliphatic carbocycles. The van der Waals surface area contributed by atoms with Crippen LogP contribution >= 0.6 is 35.6 Å². The Hall–Kier alpha value is -1.82. The lowest BCUT2D eigenvalue weighted by Crippen LogP contribution is -2.02. The molecule has 0 heterocycles. The van der Waals surface area contributed by atoms with E-state index < -0.39 is 5.97 Å². The smallest absolute Gasteiger partial charge is 0.339 e. The van der Waals surface area contributed by atoms with Crippen LogP contribution in [-0.2, 0) is 6.54 Å². The molecule has 0 spiro atoms. The molecule has 0 saturated carbocycles. The van der Waals surface area contributed by atoms with E-state index >= 15 is 0 Å². The average Bonchev–Trinajstić information content (AvgIpc) is 2.40. The second kappa shape index (κ2) is 7.45. The van der Waals surface area contributed by atoms with Crippen LogP contribution in [0, 0.1) is 0 Å². The number of benzene rings is 2. The van der Waals surface area contributed by atoms with Gasteiger partial charge in [-0.05, 0) is 29.8 Å². The highest BCUT2D eigenvalue weighted by Crippen LogP contribution is 2.35. The number of hydrogen-bond acceptors (Lipinski definition) is 4. The minimum Gasteiger partial charge on any atom is -0.507 e. The lowest BCUT2D eigenvalue weighted by atomic mass is 10.1. The number of anilines is 1. The van der Waals surface area contributed by atoms with Crippen LogP contribution < -0.4 is 5.32 Å². The van der Waals surface area contributed by atoms with Gasteiger partial charge in [0.2, 0.25) is 0 Å². The molecule has 0 saturated heterocycles. The number of carboxylic acid groups (broad SMARTS) is 1. The molecule has 8 heteroatoms. The zero-order chi connectivity index (χ0) is 15.6. The van der Waals surface area contributed by atoms with E-state index in [1.165, 1.54) is 24.3 Å². The number of aromatic hydroxyl groups is 2. The lowest BCUT2D eigenvalue weighted by Gasteiger charge is -2.11. The summed E-state index contributed by atoms with van der Waals surface area (Å²) in [5, 5.41) is 31.6. The topological polar surface area (TPSA) is 89.8 Å². The van der Waals surface area contributed by atoms with Gasteiger partial charge in [0.05, 0.1) is 10.7 Å². The summed E-state index contributed by atoms with van der Waals surface area (Å²) in [6.45, 7) is 0.248. The van der Waals surface area contributed by atoms with E-state index in [-0.39, 0.29) is 41.0 Å². The van der Waals surface area contributed by atoms with Crippen molar-refractivity contribution in [2.75, 3.05) is 5.32 Å². The molecule has 2 aromatic rings. The summed E-state index contributed by atoms with van der Waals surface area (Å²) in [4.78, 5) is 10.8. The standard InChI is InChI=1S/C14H11Cl2NO4.ClH/c15-8-4-10(16)13(19)11(5-8)17-6-7-1-2-9(14(20)21)12(18)3-7;/h1-5,17-19H,6H2,(H,20,21);1H. The summed E-state index contributed by atoms with van der Waals surface area (Å²) in [7, 11) is 0. The molecule has 0 fully saturated rings. The third-order valence-electron chi connectivity index (χ3n) is 2.80. The fourth-order valence-electron chi connectivity index (χ4n) is 1.77. The lowest BCUT2D eigenvalue weighted by molar-refractivity contribution is 0.0693. The first-order valence-electron chi connectivity index (χ1n) is 5.85. The number of carboxylic acids is 1. The first kappa shape index (κ1) is 18.2. The Balaban J connectivity index is 0.00000242. The van der Waals surface area contributed by atoms with Crippen molar-refractivity contribution in [1.82, 2.24) is 0 Å². The third kappa shape index (κ3) is 4.10. The van der Waals surface area contributed by atoms with Gasteiger partial charge in [0, 0.05) is 11.6 Å². The van der Waals surface area contributed by atoms with Crippen molar-refractivity contribution in [1.29, 1.82) is 0 Å². The molecular weight excluding hydrogens is 353 g/mol. The second-order valence-electron chi connectivity index (χ2n) is 4.29. The highest BCUT2D eigenvalue weighted by atomic mass is 35.5. The summed E-state index contributed by atoms with van der Waals surface area (Å²) >= 11 is 11.6. The van der Waals surface area contributed by atoms with Crippen LogP contribution in [0.1, 0.15) is 15.9 Å². The molecule has 2 aromatic carbocycles. The number of phenols is 2. The monoisotopic (exact) mass is 363 g/mol. The van der Waals surface area contributed by atoms with Crippen molar-refractivity contribution in [3.8, 4) is 11.5 Å². The number of carbonyl (C=O) groups is 1. The number of nitrogens with one attached hydrogen (secondary N) is 1. The minimum absolute atomic E-state index is 0. The van der Waals surface area contributed by atoms with Gasteiger partial charge in [-0.15, -0.1) is 12.4 Å². The van der Waals surface area contributed by atoms with Crippen molar-refractivity contribution < 1.29 is 20.1 Å². The highest BCUT2D eigenvalue weighted by Gasteiger charge is 2.11. The molecule has 118 valence electrons. The normalized spacial score (nSPS) is 9.91. The summed E-state index contributed by atoms with van der Waals surface area (Å²) in [5.74, 6) is -1.66. The van der Waals surface area contributed by atoms with Crippen LogP contribution in [0.25, 0.3) is 0 Å². The Bertz CT molecular complexity index is 707. The number of phenolic OH excluding ortho intramolecular Hbond substituents is 1. The number of hydrogen-bond donors (Lipinski definition) is 4. The fraction of sp³-hybridized carbons (Fsp3) is 0.0714. The number of rotatable bonds is 4. The summed E-state index contributed by atoms with van der Waals surface area (Å²) in [5.41, 5.74) is 0.801. The zero-order valence-electron chi connectivity index (χ0n) is 11.0. The van der Waals surface area contributed by atoms with E-state index in [9.17, 15) is 15.0 Å². The van der Waals surface area contributed by atoms with Crippen molar-refractivity contribution in [3.63, 3.8) is 0 Å². The molecule has 0 radical (unpaired) electrons. The molecule has 0 atom stereocenters. The van der Waals surface area contributed by atoms with Gasteiger partial charge in [0.15, 0.2) is 5.75 Å². The Labute approximate surface area is 142 Å². The molecular formula is C14H12Cl3NO4. The molecule has 0 bridgehead atoms. The molecule has 0 aliphatic heterocycles. The summed E-state index contributed by atoms with van der Waals surface area (Å²) in [6, 6.07) is 7.11. The van der Waals surface area contributed by atoms with Gasteiger partial charge in [0.25, 0.3) is 0 Å². The van der Waals surface area contributed by atoms with Crippen molar-refractivity contribution in [2.24, 2.45) is 0 Å². The zero-order valence-corrected chi connectivity index (χ0v) is 13.3. The second-order valence-corrected chi connectivity index (χ2v) is 5.14. The molecule has 0 unspecified atom stereocenters. The van der Waals surface area contributed by atoms with Gasteiger partial charge in [-0.1, -0.05) is 29.3 Å². The van der Waals surface area contributed by atoms with E-state index in [4.69, 9.17) is 28.3 Å².